The minimum absolute atomic E-state index is 0.322. The van der Waals surface area contributed by atoms with Gasteiger partial charge in [0.1, 0.15) is 11.6 Å². The number of ether oxygens (including phenoxy) is 2. The zero-order valence-corrected chi connectivity index (χ0v) is 13.8. The zero-order chi connectivity index (χ0) is 16.6. The molecule has 1 unspecified atom stereocenters. The molecule has 0 bridgehead atoms. The maximum Gasteiger partial charge on any atom is 0.168 e. The normalized spacial score (nSPS) is 27.2. The third-order valence-electron chi connectivity index (χ3n) is 5.47. The molecule has 132 valence electrons. The third kappa shape index (κ3) is 3.27. The molecule has 1 spiro atoms. The highest BCUT2D eigenvalue weighted by atomic mass is 19.1. The first kappa shape index (κ1) is 16.2. The molecule has 2 heterocycles. The van der Waals surface area contributed by atoms with Gasteiger partial charge in [0.25, 0.3) is 0 Å². The lowest BCUT2D eigenvalue weighted by Crippen LogP contribution is -2.46. The van der Waals surface area contributed by atoms with E-state index in [0.717, 1.165) is 51.3 Å². The van der Waals surface area contributed by atoms with E-state index >= 15 is 0 Å². The van der Waals surface area contributed by atoms with Gasteiger partial charge >= 0.3 is 0 Å². The van der Waals surface area contributed by atoms with E-state index in [4.69, 9.17) is 9.47 Å². The highest BCUT2D eigenvalue weighted by Crippen LogP contribution is 2.36. The molecule has 1 atom stereocenters. The molecule has 4 rings (SSSR count). The molecule has 0 aromatic heterocycles. The van der Waals surface area contributed by atoms with Crippen LogP contribution in [0.4, 0.5) is 14.5 Å². The lowest BCUT2D eigenvalue weighted by atomic mass is 9.89. The zero-order valence-electron chi connectivity index (χ0n) is 13.8. The average Bonchev–Trinajstić information content (AvgIpc) is 3.20. The van der Waals surface area contributed by atoms with Crippen LogP contribution in [0.15, 0.2) is 18.2 Å². The standard InChI is InChI=1S/C18H24F2N2O2/c19-13-1-2-17(16(20)11-13)22-8-5-15(12-22)21-14-3-6-18(7-4-14)23-9-10-24-18/h1-2,11,14-15,21H,3-10,12H2. The van der Waals surface area contributed by atoms with Crippen LogP contribution in [0.3, 0.4) is 0 Å². The van der Waals surface area contributed by atoms with Crippen LogP contribution in [0, 0.1) is 11.6 Å². The highest BCUT2D eigenvalue weighted by Gasteiger charge is 2.40. The molecule has 1 aliphatic carbocycles. The smallest absolute Gasteiger partial charge is 0.168 e. The summed E-state index contributed by atoms with van der Waals surface area (Å²) >= 11 is 0. The van der Waals surface area contributed by atoms with E-state index in [1.165, 1.54) is 12.1 Å². The molecule has 0 radical (unpaired) electrons. The second kappa shape index (κ2) is 6.58. The van der Waals surface area contributed by atoms with Crippen molar-refractivity contribution in [2.24, 2.45) is 0 Å². The third-order valence-corrected chi connectivity index (χ3v) is 5.47. The summed E-state index contributed by atoms with van der Waals surface area (Å²) in [4.78, 5) is 2.00. The van der Waals surface area contributed by atoms with Crippen molar-refractivity contribution in [3.05, 3.63) is 29.8 Å². The van der Waals surface area contributed by atoms with Crippen LogP contribution >= 0.6 is 0 Å². The predicted octanol–water partition coefficient (Wildman–Crippen LogP) is 2.82. The molecule has 1 aromatic rings. The minimum Gasteiger partial charge on any atom is -0.368 e. The summed E-state index contributed by atoms with van der Waals surface area (Å²) in [6, 6.07) is 4.62. The second-order valence-corrected chi connectivity index (χ2v) is 7.08. The summed E-state index contributed by atoms with van der Waals surface area (Å²) in [6.45, 7) is 2.97. The number of hydrogen-bond donors (Lipinski definition) is 1. The molecule has 4 nitrogen and oxygen atoms in total. The fourth-order valence-electron chi connectivity index (χ4n) is 4.20. The Balaban J connectivity index is 1.30. The van der Waals surface area contributed by atoms with Crippen LogP contribution in [-0.2, 0) is 9.47 Å². The highest BCUT2D eigenvalue weighted by molar-refractivity contribution is 5.49. The van der Waals surface area contributed by atoms with Gasteiger partial charge in [0.05, 0.1) is 18.9 Å². The number of nitrogens with zero attached hydrogens (tertiary/aromatic N) is 1. The van der Waals surface area contributed by atoms with Crippen molar-refractivity contribution >= 4 is 5.69 Å². The summed E-state index contributed by atoms with van der Waals surface area (Å²) in [6.07, 6.45) is 4.94. The van der Waals surface area contributed by atoms with E-state index in [0.29, 0.717) is 31.0 Å². The van der Waals surface area contributed by atoms with E-state index in [2.05, 4.69) is 5.32 Å². The van der Waals surface area contributed by atoms with Gasteiger partial charge in [0, 0.05) is 44.1 Å². The van der Waals surface area contributed by atoms with E-state index in [-0.39, 0.29) is 5.79 Å². The summed E-state index contributed by atoms with van der Waals surface area (Å²) in [7, 11) is 0. The van der Waals surface area contributed by atoms with Gasteiger partial charge in [0.2, 0.25) is 0 Å². The largest absolute Gasteiger partial charge is 0.368 e. The van der Waals surface area contributed by atoms with Crippen LogP contribution in [0.2, 0.25) is 0 Å². The maximum atomic E-state index is 13.9. The van der Waals surface area contributed by atoms with E-state index < -0.39 is 11.6 Å². The van der Waals surface area contributed by atoms with Gasteiger partial charge in [-0.1, -0.05) is 0 Å². The molecule has 3 fully saturated rings. The monoisotopic (exact) mass is 338 g/mol. The van der Waals surface area contributed by atoms with Gasteiger partial charge in [-0.25, -0.2) is 8.78 Å². The first-order chi connectivity index (χ1) is 11.6. The maximum absolute atomic E-state index is 13.9. The van der Waals surface area contributed by atoms with E-state index in [9.17, 15) is 8.78 Å². The van der Waals surface area contributed by atoms with Gasteiger partial charge < -0.3 is 19.7 Å². The van der Waals surface area contributed by atoms with Crippen molar-refractivity contribution in [2.75, 3.05) is 31.2 Å². The summed E-state index contributed by atoms with van der Waals surface area (Å²) in [5.74, 6) is -1.33. The van der Waals surface area contributed by atoms with Crippen LogP contribution in [-0.4, -0.2) is 44.2 Å². The number of nitrogens with one attached hydrogen (secondary N) is 1. The molecule has 1 saturated carbocycles. The van der Waals surface area contributed by atoms with Crippen LogP contribution in [0.1, 0.15) is 32.1 Å². The molecule has 3 aliphatic rings. The number of hydrogen-bond acceptors (Lipinski definition) is 4. The second-order valence-electron chi connectivity index (χ2n) is 7.08. The predicted molar refractivity (Wildman–Crippen MR) is 87.0 cm³/mol. The van der Waals surface area contributed by atoms with Crippen molar-refractivity contribution in [1.29, 1.82) is 0 Å². The van der Waals surface area contributed by atoms with Crippen LogP contribution in [0.25, 0.3) is 0 Å². The first-order valence-electron chi connectivity index (χ1n) is 8.88. The van der Waals surface area contributed by atoms with E-state index in [1.54, 1.807) is 0 Å². The molecule has 2 aliphatic heterocycles. The summed E-state index contributed by atoms with van der Waals surface area (Å²) in [5.41, 5.74) is 0.496. The quantitative estimate of drug-likeness (QED) is 0.919. The van der Waals surface area contributed by atoms with Gasteiger partial charge in [-0.2, -0.15) is 0 Å². The van der Waals surface area contributed by atoms with Crippen molar-refractivity contribution in [2.45, 2.75) is 50.0 Å². The Morgan fingerprint density at radius 3 is 2.50 bits per heavy atom. The number of halogens is 2. The fourth-order valence-corrected chi connectivity index (χ4v) is 4.20. The lowest BCUT2D eigenvalue weighted by molar-refractivity contribution is -0.179. The number of anilines is 1. The van der Waals surface area contributed by atoms with Crippen molar-refractivity contribution in [3.8, 4) is 0 Å². The number of benzene rings is 1. The van der Waals surface area contributed by atoms with Gasteiger partial charge in [-0.05, 0) is 31.4 Å². The van der Waals surface area contributed by atoms with E-state index in [1.807, 2.05) is 4.90 Å². The summed E-state index contributed by atoms with van der Waals surface area (Å²) in [5, 5.41) is 3.71. The Hall–Kier alpha value is -1.24. The molecule has 1 aromatic carbocycles. The summed E-state index contributed by atoms with van der Waals surface area (Å²) < 4.78 is 38.5. The van der Waals surface area contributed by atoms with Crippen LogP contribution < -0.4 is 10.2 Å². The topological polar surface area (TPSA) is 33.7 Å². The Bertz CT molecular complexity index is 582. The Labute approximate surface area is 141 Å². The molecule has 24 heavy (non-hydrogen) atoms. The van der Waals surface area contributed by atoms with Crippen molar-refractivity contribution in [3.63, 3.8) is 0 Å². The Morgan fingerprint density at radius 1 is 1.04 bits per heavy atom. The Kier molecular flexibility index (Phi) is 4.45. The molecule has 0 amide bonds. The molecule has 2 saturated heterocycles. The Morgan fingerprint density at radius 2 is 1.79 bits per heavy atom. The first-order valence-corrected chi connectivity index (χ1v) is 8.88. The molecule has 6 heteroatoms. The van der Waals surface area contributed by atoms with Crippen LogP contribution in [0.5, 0.6) is 0 Å². The van der Waals surface area contributed by atoms with Gasteiger partial charge in [0.15, 0.2) is 5.79 Å². The van der Waals surface area contributed by atoms with Crippen molar-refractivity contribution in [1.82, 2.24) is 5.32 Å². The average molecular weight is 338 g/mol. The SMILES string of the molecule is Fc1ccc(N2CCC(NC3CCC4(CC3)OCCO4)C2)c(F)c1. The molecular weight excluding hydrogens is 314 g/mol. The molecular formula is C18H24F2N2O2. The number of rotatable bonds is 3. The van der Waals surface area contributed by atoms with Gasteiger partial charge in [-0.3, -0.25) is 0 Å². The molecule has 1 N–H and O–H groups in total. The fraction of sp³-hybridized carbons (Fsp3) is 0.667. The minimum atomic E-state index is -0.530. The van der Waals surface area contributed by atoms with Gasteiger partial charge in [-0.15, -0.1) is 0 Å². The lowest BCUT2D eigenvalue weighted by Gasteiger charge is -2.36. The van der Waals surface area contributed by atoms with Crippen molar-refractivity contribution < 1.29 is 18.3 Å².